The Labute approximate surface area is 95.9 Å². The zero-order valence-electron chi connectivity index (χ0n) is 9.91. The van der Waals surface area contributed by atoms with E-state index in [0.717, 1.165) is 6.42 Å². The molecule has 0 aromatic heterocycles. The topological polar surface area (TPSA) is 46.2 Å². The lowest BCUT2D eigenvalue weighted by atomic mass is 10.1. The summed E-state index contributed by atoms with van der Waals surface area (Å²) >= 11 is 0. The van der Waals surface area contributed by atoms with E-state index in [9.17, 15) is 9.59 Å². The summed E-state index contributed by atoms with van der Waals surface area (Å²) in [5.41, 5.74) is 1.29. The van der Waals surface area contributed by atoms with Crippen LogP contribution in [-0.2, 0) is 4.79 Å². The van der Waals surface area contributed by atoms with Gasteiger partial charge in [-0.15, -0.1) is 0 Å². The van der Waals surface area contributed by atoms with Crippen LogP contribution in [-0.4, -0.2) is 11.7 Å². The number of benzene rings is 1. The first-order valence-electron chi connectivity index (χ1n) is 5.46. The molecule has 86 valence electrons. The summed E-state index contributed by atoms with van der Waals surface area (Å²) in [5, 5.41) is 2.80. The molecule has 1 amide bonds. The third kappa shape index (κ3) is 3.19. The molecule has 0 aliphatic carbocycles. The molecule has 0 heterocycles. The van der Waals surface area contributed by atoms with Gasteiger partial charge in [-0.3, -0.25) is 9.59 Å². The number of nitrogens with one attached hydrogen (secondary N) is 1. The first-order chi connectivity index (χ1) is 7.54. The van der Waals surface area contributed by atoms with Crippen LogP contribution in [0, 0.1) is 5.92 Å². The van der Waals surface area contributed by atoms with E-state index >= 15 is 0 Å². The summed E-state index contributed by atoms with van der Waals surface area (Å²) < 4.78 is 0. The third-order valence-electron chi connectivity index (χ3n) is 2.60. The van der Waals surface area contributed by atoms with E-state index in [4.69, 9.17) is 0 Å². The fourth-order valence-corrected chi connectivity index (χ4v) is 1.27. The monoisotopic (exact) mass is 219 g/mol. The molecule has 3 nitrogen and oxygen atoms in total. The highest BCUT2D eigenvalue weighted by atomic mass is 16.1. The lowest BCUT2D eigenvalue weighted by Gasteiger charge is -2.10. The minimum Gasteiger partial charge on any atom is -0.326 e. The smallest absolute Gasteiger partial charge is 0.227 e. The van der Waals surface area contributed by atoms with Gasteiger partial charge in [-0.2, -0.15) is 0 Å². The van der Waals surface area contributed by atoms with Crippen molar-refractivity contribution in [1.29, 1.82) is 0 Å². The highest BCUT2D eigenvalue weighted by molar-refractivity contribution is 5.97. The normalized spacial score (nSPS) is 11.9. The fraction of sp³-hybridized carbons (Fsp3) is 0.385. The lowest BCUT2D eigenvalue weighted by Crippen LogP contribution is -2.19. The number of anilines is 1. The van der Waals surface area contributed by atoms with E-state index in [2.05, 4.69) is 5.32 Å². The number of carbonyl (C=O) groups is 2. The summed E-state index contributed by atoms with van der Waals surface area (Å²) in [4.78, 5) is 22.8. The Bertz CT molecular complexity index is 399. The lowest BCUT2D eigenvalue weighted by molar-refractivity contribution is -0.119. The Morgan fingerprint density at radius 1 is 1.38 bits per heavy atom. The van der Waals surface area contributed by atoms with Crippen molar-refractivity contribution in [3.63, 3.8) is 0 Å². The van der Waals surface area contributed by atoms with Crippen LogP contribution >= 0.6 is 0 Å². The molecular weight excluding hydrogens is 202 g/mol. The maximum Gasteiger partial charge on any atom is 0.227 e. The molecule has 1 N–H and O–H groups in total. The highest BCUT2D eigenvalue weighted by Gasteiger charge is 2.10. The van der Waals surface area contributed by atoms with E-state index in [-0.39, 0.29) is 17.6 Å². The van der Waals surface area contributed by atoms with Gasteiger partial charge in [0.1, 0.15) is 0 Å². The molecule has 0 aliphatic heterocycles. The van der Waals surface area contributed by atoms with Crippen LogP contribution in [0.3, 0.4) is 0 Å². The van der Waals surface area contributed by atoms with Gasteiger partial charge in [-0.05, 0) is 25.5 Å². The second-order valence-corrected chi connectivity index (χ2v) is 3.94. The first kappa shape index (κ1) is 12.4. The summed E-state index contributed by atoms with van der Waals surface area (Å²) in [7, 11) is 0. The van der Waals surface area contributed by atoms with Crippen molar-refractivity contribution >= 4 is 17.4 Å². The van der Waals surface area contributed by atoms with E-state index in [0.29, 0.717) is 11.3 Å². The SMILES string of the molecule is CC[C@@H](C)C(=O)Nc1cccc(C(C)=O)c1. The minimum absolute atomic E-state index is 0.000334. The number of hydrogen-bond acceptors (Lipinski definition) is 2. The second kappa shape index (κ2) is 5.45. The zero-order valence-corrected chi connectivity index (χ0v) is 9.91. The van der Waals surface area contributed by atoms with Gasteiger partial charge in [-0.1, -0.05) is 26.0 Å². The molecule has 1 aromatic carbocycles. The summed E-state index contributed by atoms with van der Waals surface area (Å²) in [6.07, 6.45) is 0.804. The summed E-state index contributed by atoms with van der Waals surface area (Å²) in [5.74, 6) is -0.0242. The van der Waals surface area contributed by atoms with Crippen molar-refractivity contribution in [2.24, 2.45) is 5.92 Å². The van der Waals surface area contributed by atoms with E-state index in [1.165, 1.54) is 6.92 Å². The van der Waals surface area contributed by atoms with Crippen molar-refractivity contribution < 1.29 is 9.59 Å². The van der Waals surface area contributed by atoms with Crippen LogP contribution in [0.1, 0.15) is 37.6 Å². The van der Waals surface area contributed by atoms with E-state index in [1.807, 2.05) is 13.8 Å². The average Bonchev–Trinajstić information content (AvgIpc) is 2.28. The molecule has 1 aromatic rings. The predicted molar refractivity (Wildman–Crippen MR) is 64.5 cm³/mol. The standard InChI is InChI=1S/C13H17NO2/c1-4-9(2)13(16)14-12-7-5-6-11(8-12)10(3)15/h5-9H,4H2,1-3H3,(H,14,16)/t9-/m1/s1. The van der Waals surface area contributed by atoms with Gasteiger partial charge in [0.15, 0.2) is 5.78 Å². The van der Waals surface area contributed by atoms with Gasteiger partial charge in [0, 0.05) is 17.2 Å². The van der Waals surface area contributed by atoms with E-state index in [1.54, 1.807) is 24.3 Å². The van der Waals surface area contributed by atoms with Crippen molar-refractivity contribution in [2.45, 2.75) is 27.2 Å². The van der Waals surface area contributed by atoms with Gasteiger partial charge in [0.05, 0.1) is 0 Å². The Hall–Kier alpha value is -1.64. The highest BCUT2D eigenvalue weighted by Crippen LogP contribution is 2.13. The predicted octanol–water partition coefficient (Wildman–Crippen LogP) is 2.87. The minimum atomic E-state index is -0.0130. The third-order valence-corrected chi connectivity index (χ3v) is 2.60. The Balaban J connectivity index is 2.78. The van der Waals surface area contributed by atoms with Gasteiger partial charge in [0.2, 0.25) is 5.91 Å². The number of rotatable bonds is 4. The van der Waals surface area contributed by atoms with Crippen LogP contribution in [0.2, 0.25) is 0 Å². The van der Waals surface area contributed by atoms with Crippen LogP contribution < -0.4 is 5.32 Å². The molecule has 0 unspecified atom stereocenters. The number of hydrogen-bond donors (Lipinski definition) is 1. The van der Waals surface area contributed by atoms with Gasteiger partial charge < -0.3 is 5.32 Å². The van der Waals surface area contributed by atoms with Gasteiger partial charge in [0.25, 0.3) is 0 Å². The first-order valence-corrected chi connectivity index (χ1v) is 5.46. The average molecular weight is 219 g/mol. The molecular formula is C13H17NO2. The number of Topliss-reactive ketones (excluding diaryl/α,β-unsaturated/α-hetero) is 1. The van der Waals surface area contributed by atoms with Crippen LogP contribution in [0.25, 0.3) is 0 Å². The van der Waals surface area contributed by atoms with Crippen LogP contribution in [0.4, 0.5) is 5.69 Å². The largest absolute Gasteiger partial charge is 0.326 e. The summed E-state index contributed by atoms with van der Waals surface area (Å²) in [6, 6.07) is 6.99. The van der Waals surface area contributed by atoms with Crippen molar-refractivity contribution in [3.8, 4) is 0 Å². The molecule has 0 saturated heterocycles. The maximum absolute atomic E-state index is 11.6. The Morgan fingerprint density at radius 2 is 2.06 bits per heavy atom. The second-order valence-electron chi connectivity index (χ2n) is 3.94. The Kier molecular flexibility index (Phi) is 4.23. The van der Waals surface area contributed by atoms with Crippen molar-refractivity contribution in [3.05, 3.63) is 29.8 Å². The summed E-state index contributed by atoms with van der Waals surface area (Å²) in [6.45, 7) is 5.36. The van der Waals surface area contributed by atoms with E-state index < -0.39 is 0 Å². The molecule has 0 aliphatic rings. The number of ketones is 1. The molecule has 3 heteroatoms. The van der Waals surface area contributed by atoms with Gasteiger partial charge >= 0.3 is 0 Å². The molecule has 16 heavy (non-hydrogen) atoms. The molecule has 0 bridgehead atoms. The van der Waals surface area contributed by atoms with Crippen molar-refractivity contribution in [1.82, 2.24) is 0 Å². The number of amides is 1. The molecule has 0 radical (unpaired) electrons. The number of carbonyl (C=O) groups excluding carboxylic acids is 2. The molecule has 0 spiro atoms. The molecule has 1 rings (SSSR count). The molecule has 1 atom stereocenters. The molecule has 0 fully saturated rings. The molecule has 0 saturated carbocycles. The fourth-order valence-electron chi connectivity index (χ4n) is 1.27. The maximum atomic E-state index is 11.6. The van der Waals surface area contributed by atoms with Crippen LogP contribution in [0.5, 0.6) is 0 Å². The zero-order chi connectivity index (χ0) is 12.1. The quantitative estimate of drug-likeness (QED) is 0.791. The van der Waals surface area contributed by atoms with Gasteiger partial charge in [-0.25, -0.2) is 0 Å². The Morgan fingerprint density at radius 3 is 2.62 bits per heavy atom. The van der Waals surface area contributed by atoms with Crippen molar-refractivity contribution in [2.75, 3.05) is 5.32 Å². The van der Waals surface area contributed by atoms with Crippen LogP contribution in [0.15, 0.2) is 24.3 Å².